The summed E-state index contributed by atoms with van der Waals surface area (Å²) in [6, 6.07) is 0. The van der Waals surface area contributed by atoms with Crippen LogP contribution in [0.15, 0.2) is 12.7 Å². The van der Waals surface area contributed by atoms with Gasteiger partial charge in [-0.05, 0) is 13.3 Å². The summed E-state index contributed by atoms with van der Waals surface area (Å²) in [6.07, 6.45) is 3.19. The second kappa shape index (κ2) is 5.65. The lowest BCUT2D eigenvalue weighted by molar-refractivity contribution is -0.163. The molecule has 11 heavy (non-hydrogen) atoms. The summed E-state index contributed by atoms with van der Waals surface area (Å²) in [5, 5.41) is 0. The quantitative estimate of drug-likeness (QED) is 0.303. The van der Waals surface area contributed by atoms with Crippen molar-refractivity contribution in [1.82, 2.24) is 0 Å². The number of esters is 2. The Morgan fingerprint density at radius 2 is 1.73 bits per heavy atom. The Morgan fingerprint density at radius 1 is 1.36 bits per heavy atom. The van der Waals surface area contributed by atoms with Crippen molar-refractivity contribution in [1.29, 1.82) is 0 Å². The molecular weight excluding hydrogens is 144 g/mol. The van der Waals surface area contributed by atoms with Gasteiger partial charge in [0.1, 0.15) is 0 Å². The van der Waals surface area contributed by atoms with Crippen molar-refractivity contribution < 1.29 is 14.3 Å². The third kappa shape index (κ3) is 5.33. The average molecular weight is 156 g/mol. The normalized spacial score (nSPS) is 16.1. The lowest BCUT2D eigenvalue weighted by atomic mass is 10.2. The van der Waals surface area contributed by atoms with Gasteiger partial charge in [0.05, 0.1) is 0 Å². The van der Waals surface area contributed by atoms with E-state index in [0.717, 1.165) is 0 Å². The van der Waals surface area contributed by atoms with Gasteiger partial charge in [-0.3, -0.25) is 9.59 Å². The minimum Gasteiger partial charge on any atom is -0.393 e. The number of hydrogen-bond acceptors (Lipinski definition) is 3. The van der Waals surface area contributed by atoms with E-state index >= 15 is 0 Å². The highest BCUT2D eigenvalue weighted by Crippen LogP contribution is 2.06. The first kappa shape index (κ1) is 9.88. The zero-order valence-electron chi connectivity index (χ0n) is 6.63. The number of carbonyl (C=O) groups is 2. The van der Waals surface area contributed by atoms with Gasteiger partial charge in [0, 0.05) is 12.8 Å². The van der Waals surface area contributed by atoms with E-state index in [0.29, 0.717) is 19.3 Å². The molecule has 62 valence electrons. The molecule has 1 saturated heterocycles. The molecule has 0 unspecified atom stereocenters. The molecular formula is C8H12O3. The summed E-state index contributed by atoms with van der Waals surface area (Å²) in [7, 11) is 0. The van der Waals surface area contributed by atoms with E-state index < -0.39 is 0 Å². The van der Waals surface area contributed by atoms with Gasteiger partial charge >= 0.3 is 11.9 Å². The largest absolute Gasteiger partial charge is 0.393 e. The molecule has 0 aromatic carbocycles. The fourth-order valence-electron chi connectivity index (χ4n) is 0.606. The second-order valence-corrected chi connectivity index (χ2v) is 2.11. The van der Waals surface area contributed by atoms with Crippen LogP contribution in [0.2, 0.25) is 0 Å². The zero-order chi connectivity index (χ0) is 8.69. The topological polar surface area (TPSA) is 43.4 Å². The van der Waals surface area contributed by atoms with Crippen LogP contribution in [0, 0.1) is 0 Å². The van der Waals surface area contributed by atoms with Crippen LogP contribution in [0.4, 0.5) is 0 Å². The molecule has 1 fully saturated rings. The van der Waals surface area contributed by atoms with Crippen LogP contribution in [0.5, 0.6) is 0 Å². The molecule has 0 saturated carbocycles. The predicted octanol–water partition coefficient (Wildman–Crippen LogP) is 1.43. The van der Waals surface area contributed by atoms with Crippen LogP contribution in [0.25, 0.3) is 0 Å². The number of cyclic esters (lactones) is 2. The molecule has 3 nitrogen and oxygen atoms in total. The van der Waals surface area contributed by atoms with Gasteiger partial charge in [0.15, 0.2) is 0 Å². The number of hydrogen-bond donors (Lipinski definition) is 0. The van der Waals surface area contributed by atoms with Crippen LogP contribution in [0.3, 0.4) is 0 Å². The predicted molar refractivity (Wildman–Crippen MR) is 40.8 cm³/mol. The maximum Gasteiger partial charge on any atom is 0.313 e. The molecule has 0 radical (unpaired) electrons. The van der Waals surface area contributed by atoms with Gasteiger partial charge in [-0.25, -0.2) is 0 Å². The molecule has 0 amide bonds. The number of allylic oxidation sites excluding steroid dienone is 1. The molecule has 0 spiro atoms. The Bertz CT molecular complexity index is 147. The second-order valence-electron chi connectivity index (χ2n) is 2.11. The number of carbonyl (C=O) groups excluding carboxylic acids is 2. The summed E-state index contributed by atoms with van der Waals surface area (Å²) in [5.41, 5.74) is 0. The highest BCUT2D eigenvalue weighted by atomic mass is 16.6. The van der Waals surface area contributed by atoms with Crippen LogP contribution in [-0.4, -0.2) is 11.9 Å². The van der Waals surface area contributed by atoms with E-state index in [9.17, 15) is 9.59 Å². The van der Waals surface area contributed by atoms with Crippen molar-refractivity contribution in [2.45, 2.75) is 26.2 Å². The summed E-state index contributed by atoms with van der Waals surface area (Å²) < 4.78 is 4.21. The van der Waals surface area contributed by atoms with Crippen molar-refractivity contribution in [2.75, 3.05) is 0 Å². The number of ether oxygens (including phenoxy) is 1. The van der Waals surface area contributed by atoms with Crippen molar-refractivity contribution in [3.05, 3.63) is 12.7 Å². The van der Waals surface area contributed by atoms with Gasteiger partial charge < -0.3 is 4.74 Å². The minimum absolute atomic E-state index is 0.388. The molecule has 0 aromatic rings. The highest BCUT2D eigenvalue weighted by molar-refractivity contribution is 5.87. The Kier molecular flexibility index (Phi) is 5.07. The average Bonchev–Trinajstić information content (AvgIpc) is 1.88. The van der Waals surface area contributed by atoms with E-state index in [-0.39, 0.29) is 11.9 Å². The van der Waals surface area contributed by atoms with Crippen LogP contribution < -0.4 is 0 Å². The fourth-order valence-corrected chi connectivity index (χ4v) is 0.606. The molecule has 0 atom stereocenters. The maximum atomic E-state index is 10.2. The smallest absolute Gasteiger partial charge is 0.313 e. The van der Waals surface area contributed by atoms with Gasteiger partial charge in [-0.1, -0.05) is 6.08 Å². The van der Waals surface area contributed by atoms with Gasteiger partial charge in [0.2, 0.25) is 0 Å². The number of rotatable bonds is 0. The van der Waals surface area contributed by atoms with Crippen LogP contribution in [0.1, 0.15) is 26.2 Å². The summed E-state index contributed by atoms with van der Waals surface area (Å²) >= 11 is 0. The molecule has 1 aliphatic rings. The molecule has 0 aromatic heterocycles. The van der Waals surface area contributed by atoms with E-state index in [2.05, 4.69) is 11.3 Å². The lowest BCUT2D eigenvalue weighted by Crippen LogP contribution is -2.17. The standard InChI is InChI=1S/C5H6O3.C3H6/c6-4-2-1-3-5(7)8-4;1-3-2/h1-3H2;3H,1H2,2H3. The molecule has 3 heteroatoms. The van der Waals surface area contributed by atoms with E-state index in [4.69, 9.17) is 0 Å². The van der Waals surface area contributed by atoms with Crippen molar-refractivity contribution in [3.8, 4) is 0 Å². The van der Waals surface area contributed by atoms with Crippen molar-refractivity contribution in [3.63, 3.8) is 0 Å². The first-order valence-electron chi connectivity index (χ1n) is 3.51. The summed E-state index contributed by atoms with van der Waals surface area (Å²) in [5.74, 6) is -0.775. The molecule has 0 bridgehead atoms. The van der Waals surface area contributed by atoms with E-state index in [1.165, 1.54) is 0 Å². The monoisotopic (exact) mass is 156 g/mol. The first-order valence-corrected chi connectivity index (χ1v) is 3.51. The fraction of sp³-hybridized carbons (Fsp3) is 0.500. The molecule has 1 rings (SSSR count). The first-order chi connectivity index (χ1) is 5.20. The molecule has 1 aliphatic heterocycles. The van der Waals surface area contributed by atoms with E-state index in [1.54, 1.807) is 6.08 Å². The van der Waals surface area contributed by atoms with Crippen LogP contribution >= 0.6 is 0 Å². The van der Waals surface area contributed by atoms with Gasteiger partial charge in [0.25, 0.3) is 0 Å². The van der Waals surface area contributed by atoms with Crippen molar-refractivity contribution >= 4 is 11.9 Å². The third-order valence-electron chi connectivity index (χ3n) is 0.989. The lowest BCUT2D eigenvalue weighted by Gasteiger charge is -2.06. The molecule has 1 heterocycles. The van der Waals surface area contributed by atoms with E-state index in [1.807, 2.05) is 6.92 Å². The Labute approximate surface area is 66.0 Å². The van der Waals surface area contributed by atoms with Crippen molar-refractivity contribution in [2.24, 2.45) is 0 Å². The summed E-state index contributed by atoms with van der Waals surface area (Å²) in [6.45, 7) is 5.25. The van der Waals surface area contributed by atoms with Gasteiger partial charge in [-0.15, -0.1) is 6.58 Å². The molecule has 0 N–H and O–H groups in total. The molecule has 0 aliphatic carbocycles. The zero-order valence-corrected chi connectivity index (χ0v) is 6.63. The van der Waals surface area contributed by atoms with Gasteiger partial charge in [-0.2, -0.15) is 0 Å². The maximum absolute atomic E-state index is 10.2. The minimum atomic E-state index is -0.388. The SMILES string of the molecule is C=CC.O=C1CCCC(=O)O1. The highest BCUT2D eigenvalue weighted by Gasteiger charge is 2.15. The Hall–Kier alpha value is -1.12. The summed E-state index contributed by atoms with van der Waals surface area (Å²) in [4.78, 5) is 20.5. The Morgan fingerprint density at radius 3 is 1.91 bits per heavy atom. The Balaban J connectivity index is 0.000000292. The van der Waals surface area contributed by atoms with Crippen LogP contribution in [-0.2, 0) is 14.3 Å². The third-order valence-corrected chi connectivity index (χ3v) is 0.989.